The van der Waals surface area contributed by atoms with Crippen molar-refractivity contribution in [1.29, 1.82) is 0 Å². The zero-order chi connectivity index (χ0) is 16.2. The smallest absolute Gasteiger partial charge is 0.277 e. The topological polar surface area (TPSA) is 93.8 Å². The van der Waals surface area contributed by atoms with Crippen LogP contribution in [0.5, 0.6) is 0 Å². The molecule has 118 valence electrons. The van der Waals surface area contributed by atoms with Crippen molar-refractivity contribution in [3.63, 3.8) is 0 Å². The molecule has 0 unspecified atom stereocenters. The second kappa shape index (κ2) is 6.88. The number of anilines is 1. The maximum Gasteiger partial charge on any atom is 0.277 e. The van der Waals surface area contributed by atoms with Gasteiger partial charge in [-0.25, -0.2) is 0 Å². The molecular weight excluding hydrogens is 334 g/mol. The lowest BCUT2D eigenvalue weighted by atomic mass is 10.1. The third-order valence-electron chi connectivity index (χ3n) is 2.80. The van der Waals surface area contributed by atoms with Gasteiger partial charge >= 0.3 is 0 Å². The standard InChI is InChI=1S/C14H13N5O2S2/c1-8-3-5-10(6-4-8)12-17-19-14(21-12)22-7-11(20)15-13-18-16-9(2)23-13/h3-6H,7H2,1-2H3,(H,15,18,20). The lowest BCUT2D eigenvalue weighted by molar-refractivity contribution is -0.113. The van der Waals surface area contributed by atoms with Gasteiger partial charge in [0, 0.05) is 5.56 Å². The highest BCUT2D eigenvalue weighted by Crippen LogP contribution is 2.23. The van der Waals surface area contributed by atoms with Gasteiger partial charge in [-0.1, -0.05) is 40.8 Å². The minimum atomic E-state index is -0.193. The number of carbonyl (C=O) groups is 1. The largest absolute Gasteiger partial charge is 0.411 e. The zero-order valence-electron chi connectivity index (χ0n) is 12.4. The number of hydrogen-bond donors (Lipinski definition) is 1. The fourth-order valence-corrected chi connectivity index (χ4v) is 2.88. The Morgan fingerprint density at radius 2 is 1.96 bits per heavy atom. The first-order valence-electron chi connectivity index (χ1n) is 6.73. The molecule has 0 aliphatic rings. The summed E-state index contributed by atoms with van der Waals surface area (Å²) in [6.45, 7) is 3.84. The summed E-state index contributed by atoms with van der Waals surface area (Å²) in [5.74, 6) is 0.405. The number of thioether (sulfide) groups is 1. The summed E-state index contributed by atoms with van der Waals surface area (Å²) in [4.78, 5) is 11.8. The normalized spacial score (nSPS) is 10.7. The van der Waals surface area contributed by atoms with Crippen molar-refractivity contribution in [2.75, 3.05) is 11.1 Å². The molecule has 0 spiro atoms. The monoisotopic (exact) mass is 347 g/mol. The van der Waals surface area contributed by atoms with E-state index < -0.39 is 0 Å². The Labute approximate surface area is 140 Å². The van der Waals surface area contributed by atoms with Gasteiger partial charge in [0.15, 0.2) is 0 Å². The van der Waals surface area contributed by atoms with Crippen molar-refractivity contribution in [3.05, 3.63) is 34.8 Å². The second-order valence-corrected chi connectivity index (χ2v) is 6.81. The van der Waals surface area contributed by atoms with Gasteiger partial charge in [0.05, 0.1) is 5.75 Å². The van der Waals surface area contributed by atoms with Gasteiger partial charge in [0.25, 0.3) is 5.22 Å². The Hall–Kier alpha value is -2.26. The second-order valence-electron chi connectivity index (χ2n) is 4.70. The van der Waals surface area contributed by atoms with Crippen LogP contribution in [0.25, 0.3) is 11.5 Å². The molecule has 0 saturated heterocycles. The van der Waals surface area contributed by atoms with Gasteiger partial charge in [-0.05, 0) is 26.0 Å². The molecule has 0 radical (unpaired) electrons. The first kappa shape index (κ1) is 15.6. The van der Waals surface area contributed by atoms with E-state index in [9.17, 15) is 4.79 Å². The molecule has 3 aromatic rings. The van der Waals surface area contributed by atoms with Crippen LogP contribution in [0.4, 0.5) is 5.13 Å². The molecule has 0 aliphatic heterocycles. The molecular formula is C14H13N5O2S2. The van der Waals surface area contributed by atoms with E-state index >= 15 is 0 Å². The van der Waals surface area contributed by atoms with Crippen molar-refractivity contribution >= 4 is 34.1 Å². The third-order valence-corrected chi connectivity index (χ3v) is 4.38. The number of amides is 1. The number of nitrogens with zero attached hydrogens (tertiary/aromatic N) is 4. The van der Waals surface area contributed by atoms with Gasteiger partial charge in [-0.3, -0.25) is 10.1 Å². The van der Waals surface area contributed by atoms with Crippen LogP contribution in [0.1, 0.15) is 10.6 Å². The van der Waals surface area contributed by atoms with Crippen LogP contribution < -0.4 is 5.32 Å². The first-order chi connectivity index (χ1) is 11.1. The van der Waals surface area contributed by atoms with Crippen molar-refractivity contribution in [3.8, 4) is 11.5 Å². The first-order valence-corrected chi connectivity index (χ1v) is 8.53. The predicted molar refractivity (Wildman–Crippen MR) is 88.5 cm³/mol. The number of aromatic nitrogens is 4. The molecule has 0 atom stereocenters. The van der Waals surface area contributed by atoms with Crippen LogP contribution >= 0.6 is 23.1 Å². The summed E-state index contributed by atoms with van der Waals surface area (Å²) in [6, 6.07) is 7.79. The molecule has 2 aromatic heterocycles. The van der Waals surface area contributed by atoms with Crippen LogP contribution in [0.15, 0.2) is 33.9 Å². The summed E-state index contributed by atoms with van der Waals surface area (Å²) >= 11 is 2.50. The summed E-state index contributed by atoms with van der Waals surface area (Å²) in [5, 5.41) is 19.9. The molecule has 0 saturated carbocycles. The van der Waals surface area contributed by atoms with Gasteiger partial charge in [-0.2, -0.15) is 0 Å². The molecule has 1 N–H and O–H groups in total. The Bertz CT molecular complexity index is 813. The van der Waals surface area contributed by atoms with Gasteiger partial charge in [0.1, 0.15) is 5.01 Å². The molecule has 2 heterocycles. The van der Waals surface area contributed by atoms with Gasteiger partial charge in [-0.15, -0.1) is 20.4 Å². The highest BCUT2D eigenvalue weighted by Gasteiger charge is 2.12. The minimum Gasteiger partial charge on any atom is -0.411 e. The van der Waals surface area contributed by atoms with Gasteiger partial charge < -0.3 is 4.42 Å². The van der Waals surface area contributed by atoms with E-state index in [1.165, 1.54) is 23.1 Å². The number of rotatable bonds is 5. The van der Waals surface area contributed by atoms with E-state index in [0.717, 1.165) is 16.1 Å². The number of hydrogen-bond acceptors (Lipinski definition) is 8. The molecule has 0 fully saturated rings. The Morgan fingerprint density at radius 1 is 1.17 bits per heavy atom. The lowest BCUT2D eigenvalue weighted by Gasteiger charge is -1.98. The lowest BCUT2D eigenvalue weighted by Crippen LogP contribution is -2.13. The molecule has 23 heavy (non-hydrogen) atoms. The van der Waals surface area contributed by atoms with E-state index in [4.69, 9.17) is 4.42 Å². The highest BCUT2D eigenvalue weighted by molar-refractivity contribution is 7.99. The average Bonchev–Trinajstić information content (AvgIpc) is 3.15. The van der Waals surface area contributed by atoms with Crippen LogP contribution in [-0.4, -0.2) is 32.1 Å². The summed E-state index contributed by atoms with van der Waals surface area (Å²) in [5.41, 5.74) is 2.01. The van der Waals surface area contributed by atoms with E-state index in [2.05, 4.69) is 25.7 Å². The molecule has 1 amide bonds. The molecule has 7 nitrogen and oxygen atoms in total. The summed E-state index contributed by atoms with van der Waals surface area (Å²) in [7, 11) is 0. The Balaban J connectivity index is 1.56. The fourth-order valence-electron chi connectivity index (χ4n) is 1.71. The van der Waals surface area contributed by atoms with Crippen LogP contribution in [-0.2, 0) is 4.79 Å². The Kier molecular flexibility index (Phi) is 4.68. The number of nitrogens with one attached hydrogen (secondary N) is 1. The maximum atomic E-state index is 11.8. The molecule has 0 bridgehead atoms. The number of aryl methyl sites for hydroxylation is 2. The molecule has 1 aromatic carbocycles. The van der Waals surface area contributed by atoms with E-state index in [-0.39, 0.29) is 11.7 Å². The predicted octanol–water partition coefficient (Wildman–Crippen LogP) is 2.94. The van der Waals surface area contributed by atoms with Crippen LogP contribution in [0.3, 0.4) is 0 Å². The third kappa shape index (κ3) is 4.14. The van der Waals surface area contributed by atoms with E-state index in [0.29, 0.717) is 16.2 Å². The van der Waals surface area contributed by atoms with Crippen LogP contribution in [0.2, 0.25) is 0 Å². The van der Waals surface area contributed by atoms with E-state index in [1.807, 2.05) is 38.1 Å². The van der Waals surface area contributed by atoms with Crippen molar-refractivity contribution < 1.29 is 9.21 Å². The molecule has 9 heteroatoms. The highest BCUT2D eigenvalue weighted by atomic mass is 32.2. The number of carbonyl (C=O) groups excluding carboxylic acids is 1. The quantitative estimate of drug-likeness (QED) is 0.709. The van der Waals surface area contributed by atoms with E-state index in [1.54, 1.807) is 0 Å². The summed E-state index contributed by atoms with van der Waals surface area (Å²) in [6.07, 6.45) is 0. The van der Waals surface area contributed by atoms with Crippen molar-refractivity contribution in [2.24, 2.45) is 0 Å². The fraction of sp³-hybridized carbons (Fsp3) is 0.214. The van der Waals surface area contributed by atoms with Crippen molar-refractivity contribution in [2.45, 2.75) is 19.1 Å². The summed E-state index contributed by atoms with van der Waals surface area (Å²) < 4.78 is 5.55. The zero-order valence-corrected chi connectivity index (χ0v) is 14.1. The van der Waals surface area contributed by atoms with Gasteiger partial charge in [0.2, 0.25) is 16.9 Å². The average molecular weight is 347 g/mol. The SMILES string of the molecule is Cc1ccc(-c2nnc(SCC(=O)Nc3nnc(C)s3)o2)cc1. The van der Waals surface area contributed by atoms with Crippen molar-refractivity contribution in [1.82, 2.24) is 20.4 Å². The van der Waals surface area contributed by atoms with Crippen LogP contribution in [0, 0.1) is 13.8 Å². The molecule has 0 aliphatic carbocycles. The molecule has 3 rings (SSSR count). The minimum absolute atomic E-state index is 0.161. The Morgan fingerprint density at radius 3 is 2.65 bits per heavy atom. The number of benzene rings is 1. The maximum absolute atomic E-state index is 11.8.